The zero-order valence-corrected chi connectivity index (χ0v) is 15.3. The lowest BCUT2D eigenvalue weighted by Crippen LogP contribution is -2.45. The van der Waals surface area contributed by atoms with Crippen LogP contribution in [0.25, 0.3) is 0 Å². The Morgan fingerprint density at radius 3 is 2.81 bits per heavy atom. The summed E-state index contributed by atoms with van der Waals surface area (Å²) in [4.78, 5) is 11.0. The molecule has 3 heterocycles. The number of hydrogen-bond donors (Lipinski definition) is 1. The van der Waals surface area contributed by atoms with Gasteiger partial charge in [0.2, 0.25) is 0 Å². The Morgan fingerprint density at radius 1 is 1.04 bits per heavy atom. The summed E-state index contributed by atoms with van der Waals surface area (Å²) in [6, 6.07) is 18.8. The van der Waals surface area contributed by atoms with Crippen molar-refractivity contribution in [3.05, 3.63) is 90.0 Å². The first-order chi connectivity index (χ1) is 13.4. The van der Waals surface area contributed by atoms with Crippen molar-refractivity contribution in [3.8, 4) is 5.75 Å². The van der Waals surface area contributed by atoms with Gasteiger partial charge in [0, 0.05) is 50.8 Å². The summed E-state index contributed by atoms with van der Waals surface area (Å²) in [5, 5.41) is 3.51. The molecule has 0 radical (unpaired) electrons. The minimum absolute atomic E-state index is 0.361. The third-order valence-corrected chi connectivity index (χ3v) is 4.84. The second-order valence-corrected chi connectivity index (χ2v) is 6.73. The molecule has 0 aliphatic carbocycles. The maximum absolute atomic E-state index is 5.93. The van der Waals surface area contributed by atoms with Gasteiger partial charge in [0.15, 0.2) is 0 Å². The number of piperazine rings is 1. The van der Waals surface area contributed by atoms with Crippen molar-refractivity contribution in [3.63, 3.8) is 0 Å². The highest BCUT2D eigenvalue weighted by molar-refractivity contribution is 5.29. The van der Waals surface area contributed by atoms with E-state index < -0.39 is 0 Å². The fourth-order valence-electron chi connectivity index (χ4n) is 3.46. The molecule has 1 aromatic carbocycles. The summed E-state index contributed by atoms with van der Waals surface area (Å²) < 4.78 is 5.93. The van der Waals surface area contributed by atoms with Gasteiger partial charge in [-0.05, 0) is 47.5 Å². The van der Waals surface area contributed by atoms with Gasteiger partial charge in [-0.1, -0.05) is 18.2 Å². The third kappa shape index (κ3) is 4.70. The number of pyridine rings is 2. The maximum Gasteiger partial charge on any atom is 0.130 e. The van der Waals surface area contributed by atoms with E-state index in [-0.39, 0.29) is 0 Å². The van der Waals surface area contributed by atoms with Gasteiger partial charge in [-0.2, -0.15) is 0 Å². The molecular formula is C22H24N4O. The molecule has 3 aromatic rings. The normalized spacial score (nSPS) is 17.6. The molecule has 4 rings (SSSR count). The second kappa shape index (κ2) is 8.75. The molecule has 0 bridgehead atoms. The fraction of sp³-hybridized carbons (Fsp3) is 0.273. The molecule has 0 amide bonds. The Bertz CT molecular complexity index is 841. The Kier molecular flexibility index (Phi) is 5.72. The van der Waals surface area contributed by atoms with E-state index in [4.69, 9.17) is 4.74 Å². The number of ether oxygens (including phenoxy) is 1. The van der Waals surface area contributed by atoms with Crippen LogP contribution in [0.4, 0.5) is 0 Å². The number of nitrogens with zero attached hydrogens (tertiary/aromatic N) is 3. The fourth-order valence-corrected chi connectivity index (χ4v) is 3.46. The highest BCUT2D eigenvalue weighted by atomic mass is 16.5. The van der Waals surface area contributed by atoms with Crippen molar-refractivity contribution in [2.75, 3.05) is 19.6 Å². The van der Waals surface area contributed by atoms with Gasteiger partial charge in [0.05, 0.1) is 5.69 Å². The third-order valence-electron chi connectivity index (χ3n) is 4.84. The van der Waals surface area contributed by atoms with Gasteiger partial charge in [-0.15, -0.1) is 0 Å². The van der Waals surface area contributed by atoms with Gasteiger partial charge in [0.1, 0.15) is 12.4 Å². The van der Waals surface area contributed by atoms with E-state index in [1.165, 1.54) is 11.1 Å². The van der Waals surface area contributed by atoms with Crippen molar-refractivity contribution in [2.24, 2.45) is 0 Å². The molecular weight excluding hydrogens is 336 g/mol. The predicted octanol–water partition coefficient (Wildman–Crippen LogP) is 3.20. The first-order valence-electron chi connectivity index (χ1n) is 9.35. The lowest BCUT2D eigenvalue weighted by molar-refractivity contribution is 0.153. The Balaban J connectivity index is 1.43. The van der Waals surface area contributed by atoms with Crippen LogP contribution in [-0.4, -0.2) is 34.5 Å². The number of benzene rings is 1. The SMILES string of the molecule is c1ccc(COc2cccc(CN3CCNCC3c3ccncc3)c2)nc1. The quantitative estimate of drug-likeness (QED) is 0.732. The van der Waals surface area contributed by atoms with Crippen LogP contribution in [0, 0.1) is 0 Å². The largest absolute Gasteiger partial charge is 0.487 e. The minimum Gasteiger partial charge on any atom is -0.487 e. The molecule has 1 fully saturated rings. The summed E-state index contributed by atoms with van der Waals surface area (Å²) in [6.07, 6.45) is 5.53. The molecule has 0 spiro atoms. The molecule has 1 atom stereocenters. The molecule has 2 aromatic heterocycles. The van der Waals surface area contributed by atoms with E-state index >= 15 is 0 Å². The summed E-state index contributed by atoms with van der Waals surface area (Å²) >= 11 is 0. The molecule has 1 aliphatic rings. The molecule has 5 heteroatoms. The van der Waals surface area contributed by atoms with Crippen LogP contribution in [0.15, 0.2) is 73.2 Å². The lowest BCUT2D eigenvalue weighted by Gasteiger charge is -2.36. The monoisotopic (exact) mass is 360 g/mol. The Labute approximate surface area is 160 Å². The van der Waals surface area contributed by atoms with E-state index in [0.717, 1.165) is 37.6 Å². The minimum atomic E-state index is 0.361. The van der Waals surface area contributed by atoms with Crippen LogP contribution >= 0.6 is 0 Å². The molecule has 5 nitrogen and oxygen atoms in total. The Hall–Kier alpha value is -2.76. The van der Waals surface area contributed by atoms with Gasteiger partial charge < -0.3 is 10.1 Å². The van der Waals surface area contributed by atoms with Gasteiger partial charge in [0.25, 0.3) is 0 Å². The number of aromatic nitrogens is 2. The van der Waals surface area contributed by atoms with E-state index in [2.05, 4.69) is 50.5 Å². The van der Waals surface area contributed by atoms with Crippen molar-refractivity contribution >= 4 is 0 Å². The highest BCUT2D eigenvalue weighted by Crippen LogP contribution is 2.25. The van der Waals surface area contributed by atoms with E-state index in [0.29, 0.717) is 12.6 Å². The van der Waals surface area contributed by atoms with Gasteiger partial charge >= 0.3 is 0 Å². The van der Waals surface area contributed by atoms with Crippen LogP contribution < -0.4 is 10.1 Å². The summed E-state index contributed by atoms with van der Waals surface area (Å²) in [5.41, 5.74) is 3.50. The molecule has 1 aliphatic heterocycles. The topological polar surface area (TPSA) is 50.3 Å². The van der Waals surface area contributed by atoms with Crippen LogP contribution in [0.2, 0.25) is 0 Å². The van der Waals surface area contributed by atoms with Crippen molar-refractivity contribution < 1.29 is 4.74 Å². The number of rotatable bonds is 6. The molecule has 138 valence electrons. The summed E-state index contributed by atoms with van der Waals surface area (Å²) in [5.74, 6) is 0.883. The van der Waals surface area contributed by atoms with E-state index in [1.54, 1.807) is 6.20 Å². The average Bonchev–Trinajstić information content (AvgIpc) is 2.74. The van der Waals surface area contributed by atoms with Gasteiger partial charge in [-0.3, -0.25) is 14.9 Å². The smallest absolute Gasteiger partial charge is 0.130 e. The van der Waals surface area contributed by atoms with Gasteiger partial charge in [-0.25, -0.2) is 0 Å². The maximum atomic E-state index is 5.93. The van der Waals surface area contributed by atoms with Crippen molar-refractivity contribution in [2.45, 2.75) is 19.2 Å². The van der Waals surface area contributed by atoms with E-state index in [9.17, 15) is 0 Å². The molecule has 0 saturated carbocycles. The van der Waals surface area contributed by atoms with Crippen LogP contribution in [0.5, 0.6) is 5.75 Å². The van der Waals surface area contributed by atoms with Crippen LogP contribution in [0.1, 0.15) is 22.9 Å². The lowest BCUT2D eigenvalue weighted by atomic mass is 10.0. The zero-order valence-electron chi connectivity index (χ0n) is 15.3. The van der Waals surface area contributed by atoms with Crippen LogP contribution in [0.3, 0.4) is 0 Å². The number of nitrogens with one attached hydrogen (secondary N) is 1. The first-order valence-corrected chi connectivity index (χ1v) is 9.35. The first kappa shape index (κ1) is 17.6. The predicted molar refractivity (Wildman–Crippen MR) is 105 cm³/mol. The molecule has 27 heavy (non-hydrogen) atoms. The standard InChI is InChI=1S/C22H24N4O/c1-2-9-25-20(5-1)17-27-21-6-3-4-18(14-21)16-26-13-12-24-15-22(26)19-7-10-23-11-8-19/h1-11,14,22,24H,12-13,15-17H2. The van der Waals surface area contributed by atoms with Crippen molar-refractivity contribution in [1.29, 1.82) is 0 Å². The zero-order chi connectivity index (χ0) is 18.3. The van der Waals surface area contributed by atoms with Crippen molar-refractivity contribution in [1.82, 2.24) is 20.2 Å². The molecule has 1 N–H and O–H groups in total. The highest BCUT2D eigenvalue weighted by Gasteiger charge is 2.23. The van der Waals surface area contributed by atoms with E-state index in [1.807, 2.05) is 36.7 Å². The Morgan fingerprint density at radius 2 is 1.96 bits per heavy atom. The summed E-state index contributed by atoms with van der Waals surface area (Å²) in [6.45, 7) is 4.37. The molecule has 1 saturated heterocycles. The average molecular weight is 360 g/mol. The van der Waals surface area contributed by atoms with Crippen LogP contribution in [-0.2, 0) is 13.2 Å². The second-order valence-electron chi connectivity index (χ2n) is 6.73. The summed E-state index contributed by atoms with van der Waals surface area (Å²) in [7, 11) is 0. The number of hydrogen-bond acceptors (Lipinski definition) is 5. The molecule has 1 unspecified atom stereocenters.